The largest absolute Gasteiger partial charge is 0.508 e. The van der Waals surface area contributed by atoms with Crippen molar-refractivity contribution < 1.29 is 35.1 Å². The van der Waals surface area contributed by atoms with Gasteiger partial charge in [0, 0.05) is 17.5 Å². The minimum absolute atomic E-state index is 0.483. The van der Waals surface area contributed by atoms with E-state index in [9.17, 15) is 14.7 Å². The second kappa shape index (κ2) is 12.5. The van der Waals surface area contributed by atoms with E-state index in [1.54, 1.807) is 0 Å². The van der Waals surface area contributed by atoms with Crippen molar-refractivity contribution in [3.05, 3.63) is 51.7 Å². The fraction of sp³-hybridized carbons (Fsp3) is 0.478. The number of carboxylic acids is 2. The quantitative estimate of drug-likeness (QED) is 0.380. The molecule has 3 atom stereocenters. The Morgan fingerprint density at radius 2 is 1.78 bits per heavy atom. The molecule has 0 saturated heterocycles. The van der Waals surface area contributed by atoms with Gasteiger partial charge < -0.3 is 25.5 Å². The number of benzene rings is 1. The number of phenols is 1. The maximum absolute atomic E-state index is 10.0. The van der Waals surface area contributed by atoms with E-state index in [0.717, 1.165) is 32.2 Å². The van der Waals surface area contributed by atoms with E-state index < -0.39 is 24.1 Å². The smallest absolute Gasteiger partial charge is 0.335 e. The number of aliphatic carboxylic acids is 2. The molecule has 1 heterocycles. The highest BCUT2D eigenvalue weighted by Crippen LogP contribution is 2.30. The number of phenolic OH excluding ortho intramolecular Hbond substituents is 1. The van der Waals surface area contributed by atoms with E-state index in [1.807, 2.05) is 23.5 Å². The Bertz CT molecular complexity index is 853. The van der Waals surface area contributed by atoms with Crippen LogP contribution in [0.25, 0.3) is 0 Å². The van der Waals surface area contributed by atoms with Gasteiger partial charge in [-0.3, -0.25) is 4.90 Å². The van der Waals surface area contributed by atoms with Gasteiger partial charge in [-0.25, -0.2) is 9.59 Å². The summed E-state index contributed by atoms with van der Waals surface area (Å²) in [5, 5.41) is 44.7. The van der Waals surface area contributed by atoms with Gasteiger partial charge in [-0.15, -0.1) is 11.3 Å². The van der Waals surface area contributed by atoms with Gasteiger partial charge in [0.25, 0.3) is 0 Å². The molecular formula is C23H31NO7S. The van der Waals surface area contributed by atoms with Gasteiger partial charge in [-0.1, -0.05) is 25.1 Å². The monoisotopic (exact) mass is 465 g/mol. The van der Waals surface area contributed by atoms with Crippen LogP contribution in [0.15, 0.2) is 35.7 Å². The third-order valence-electron chi connectivity index (χ3n) is 5.49. The summed E-state index contributed by atoms with van der Waals surface area (Å²) >= 11 is 1.86. The Balaban J connectivity index is 0.000000309. The maximum atomic E-state index is 10.0. The van der Waals surface area contributed by atoms with Crippen molar-refractivity contribution in [2.45, 2.75) is 57.3 Å². The first kappa shape index (κ1) is 25.8. The number of carboxylic acid groups (broad SMARTS) is 2. The number of fused-ring (bicyclic) bond motifs is 1. The lowest BCUT2D eigenvalue weighted by Crippen LogP contribution is -2.41. The summed E-state index contributed by atoms with van der Waals surface area (Å²) in [6, 6.07) is 11.0. The van der Waals surface area contributed by atoms with Crippen LogP contribution >= 0.6 is 11.3 Å². The van der Waals surface area contributed by atoms with Crippen molar-refractivity contribution in [1.29, 1.82) is 0 Å². The second-order valence-corrected chi connectivity index (χ2v) is 8.78. The molecule has 9 heteroatoms. The predicted molar refractivity (Wildman–Crippen MR) is 121 cm³/mol. The molecule has 1 aromatic carbocycles. The fourth-order valence-electron chi connectivity index (χ4n) is 3.82. The molecule has 32 heavy (non-hydrogen) atoms. The Labute approximate surface area is 191 Å². The van der Waals surface area contributed by atoms with Crippen molar-refractivity contribution in [3.8, 4) is 5.75 Å². The Morgan fingerprint density at radius 1 is 1.09 bits per heavy atom. The molecule has 3 rings (SSSR count). The van der Waals surface area contributed by atoms with E-state index in [2.05, 4.69) is 35.4 Å². The minimum atomic E-state index is -2.27. The van der Waals surface area contributed by atoms with Crippen LogP contribution in [0.2, 0.25) is 0 Å². The summed E-state index contributed by atoms with van der Waals surface area (Å²) in [5.41, 5.74) is 2.52. The molecule has 0 saturated carbocycles. The van der Waals surface area contributed by atoms with Crippen LogP contribution in [0.4, 0.5) is 0 Å². The minimum Gasteiger partial charge on any atom is -0.508 e. The average molecular weight is 466 g/mol. The van der Waals surface area contributed by atoms with E-state index in [1.165, 1.54) is 29.0 Å². The third-order valence-corrected chi connectivity index (χ3v) is 6.43. The molecule has 2 aromatic rings. The van der Waals surface area contributed by atoms with Crippen molar-refractivity contribution in [3.63, 3.8) is 0 Å². The molecule has 0 spiro atoms. The van der Waals surface area contributed by atoms with Crippen molar-refractivity contribution >= 4 is 23.3 Å². The highest BCUT2D eigenvalue weighted by molar-refractivity contribution is 7.09. The van der Waals surface area contributed by atoms with Gasteiger partial charge in [-0.05, 0) is 67.3 Å². The Kier molecular flexibility index (Phi) is 10.1. The number of carbonyl (C=O) groups is 2. The van der Waals surface area contributed by atoms with Gasteiger partial charge in [0.1, 0.15) is 5.75 Å². The lowest BCUT2D eigenvalue weighted by atomic mass is 9.86. The molecule has 176 valence electrons. The molecule has 8 nitrogen and oxygen atoms in total. The first-order valence-corrected chi connectivity index (χ1v) is 11.5. The molecule has 0 amide bonds. The van der Waals surface area contributed by atoms with Crippen molar-refractivity contribution in [2.75, 3.05) is 13.1 Å². The number of nitrogens with zero attached hydrogens (tertiary/aromatic N) is 1. The third kappa shape index (κ3) is 7.30. The van der Waals surface area contributed by atoms with Gasteiger partial charge >= 0.3 is 11.9 Å². The summed E-state index contributed by atoms with van der Waals surface area (Å²) in [4.78, 5) is 23.7. The van der Waals surface area contributed by atoms with Crippen LogP contribution in [-0.2, 0) is 28.9 Å². The van der Waals surface area contributed by atoms with Gasteiger partial charge in [0.2, 0.25) is 0 Å². The topological polar surface area (TPSA) is 139 Å². The number of aliphatic hydroxyl groups is 2. The highest BCUT2D eigenvalue weighted by atomic mass is 32.1. The van der Waals surface area contributed by atoms with Crippen LogP contribution in [-0.4, -0.2) is 73.7 Å². The summed E-state index contributed by atoms with van der Waals surface area (Å²) in [5.74, 6) is -3.05. The molecule has 1 aromatic heterocycles. The Morgan fingerprint density at radius 3 is 2.34 bits per heavy atom. The zero-order valence-electron chi connectivity index (χ0n) is 18.1. The Hall–Kier alpha value is -2.46. The van der Waals surface area contributed by atoms with E-state index in [4.69, 9.17) is 20.4 Å². The SMILES string of the molecule is CCCN(CCc1cccs1)[C@H]1CCc2c(O)cccc2C1.O=C(O)C(O)C(O)C(=O)O. The predicted octanol–water partition coefficient (Wildman–Crippen LogP) is 2.14. The van der Waals surface area contributed by atoms with E-state index >= 15 is 0 Å². The summed E-state index contributed by atoms with van der Waals surface area (Å²) in [7, 11) is 0. The number of hydrogen-bond donors (Lipinski definition) is 5. The first-order chi connectivity index (χ1) is 15.2. The van der Waals surface area contributed by atoms with Gasteiger partial charge in [-0.2, -0.15) is 0 Å². The lowest BCUT2D eigenvalue weighted by Gasteiger charge is -2.35. The molecule has 0 fully saturated rings. The number of aromatic hydroxyl groups is 1. The van der Waals surface area contributed by atoms with Gasteiger partial charge in [0.05, 0.1) is 0 Å². The van der Waals surface area contributed by atoms with Crippen LogP contribution in [0.1, 0.15) is 35.8 Å². The number of hydrogen-bond acceptors (Lipinski definition) is 7. The molecule has 0 bridgehead atoms. The first-order valence-electron chi connectivity index (χ1n) is 10.6. The molecule has 0 aliphatic heterocycles. The molecular weight excluding hydrogens is 434 g/mol. The van der Waals surface area contributed by atoms with Gasteiger partial charge in [0.15, 0.2) is 12.2 Å². The molecule has 1 aliphatic carbocycles. The summed E-state index contributed by atoms with van der Waals surface area (Å²) in [6.07, 6.45) is 1.07. The highest BCUT2D eigenvalue weighted by Gasteiger charge is 2.29. The van der Waals surface area contributed by atoms with Crippen LogP contribution in [0.3, 0.4) is 0 Å². The molecule has 2 unspecified atom stereocenters. The number of aliphatic hydroxyl groups excluding tert-OH is 2. The zero-order chi connectivity index (χ0) is 23.7. The molecule has 1 aliphatic rings. The van der Waals surface area contributed by atoms with E-state index in [-0.39, 0.29) is 0 Å². The number of rotatable bonds is 9. The maximum Gasteiger partial charge on any atom is 0.335 e. The zero-order valence-corrected chi connectivity index (χ0v) is 18.9. The fourth-order valence-corrected chi connectivity index (χ4v) is 4.52. The van der Waals surface area contributed by atoms with Crippen molar-refractivity contribution in [1.82, 2.24) is 4.90 Å². The lowest BCUT2D eigenvalue weighted by molar-refractivity contribution is -0.165. The van der Waals surface area contributed by atoms with E-state index in [0.29, 0.717) is 11.8 Å². The molecule has 5 N–H and O–H groups in total. The second-order valence-electron chi connectivity index (χ2n) is 7.74. The van der Waals surface area contributed by atoms with Crippen LogP contribution in [0.5, 0.6) is 5.75 Å². The average Bonchev–Trinajstić information content (AvgIpc) is 3.29. The van der Waals surface area contributed by atoms with Crippen LogP contribution in [0, 0.1) is 0 Å². The standard InChI is InChI=1S/C19H25NOS.C4H6O6/c1-2-11-20(12-10-17-6-4-13-22-17)16-8-9-18-15(14-16)5-3-7-19(18)21;5-1(3(7)8)2(6)4(9)10/h3-7,13,16,21H,2,8-12,14H2,1H3;1-2,5-6H,(H,7,8)(H,9,10)/t16-;/m0./s1. The normalized spacial score (nSPS) is 17.1. The van der Waals surface area contributed by atoms with Crippen molar-refractivity contribution in [2.24, 2.45) is 0 Å². The molecule has 0 radical (unpaired) electrons. The summed E-state index contributed by atoms with van der Waals surface area (Å²) < 4.78 is 0. The van der Waals surface area contributed by atoms with Crippen LogP contribution < -0.4 is 0 Å². The summed E-state index contributed by atoms with van der Waals surface area (Å²) in [6.45, 7) is 4.58. The number of thiophene rings is 1.